The lowest BCUT2D eigenvalue weighted by atomic mass is 9.74. The summed E-state index contributed by atoms with van der Waals surface area (Å²) < 4.78 is 0. The third kappa shape index (κ3) is 1.41. The molecule has 0 saturated carbocycles. The van der Waals surface area contributed by atoms with Gasteiger partial charge in [-0.3, -0.25) is 4.99 Å². The van der Waals surface area contributed by atoms with Gasteiger partial charge in [0.1, 0.15) is 0 Å². The zero-order valence-corrected chi connectivity index (χ0v) is 10.2. The molecule has 15 heavy (non-hydrogen) atoms. The Morgan fingerprint density at radius 3 is 2.53 bits per heavy atom. The second-order valence-corrected chi connectivity index (χ2v) is 4.58. The van der Waals surface area contributed by atoms with E-state index in [0.29, 0.717) is 0 Å². The van der Waals surface area contributed by atoms with Crippen molar-refractivity contribution in [3.8, 4) is 0 Å². The highest BCUT2D eigenvalue weighted by Crippen LogP contribution is 2.45. The molecule has 0 radical (unpaired) electrons. The summed E-state index contributed by atoms with van der Waals surface area (Å²) in [4.78, 5) is 4.65. The van der Waals surface area contributed by atoms with E-state index in [-0.39, 0.29) is 5.41 Å². The number of nitrogens with zero attached hydrogens (tertiary/aromatic N) is 1. The first kappa shape index (κ1) is 10.7. The summed E-state index contributed by atoms with van der Waals surface area (Å²) in [6, 6.07) is 6.01. The summed E-state index contributed by atoms with van der Waals surface area (Å²) in [5.74, 6) is 0. The van der Waals surface area contributed by atoms with Crippen LogP contribution in [0.25, 0.3) is 0 Å². The van der Waals surface area contributed by atoms with Crippen LogP contribution in [-0.2, 0) is 5.41 Å². The first-order valence-corrected chi connectivity index (χ1v) is 5.87. The van der Waals surface area contributed by atoms with Crippen molar-refractivity contribution in [3.05, 3.63) is 28.8 Å². The fourth-order valence-corrected chi connectivity index (χ4v) is 2.79. The highest BCUT2D eigenvalue weighted by molar-refractivity contribution is 6.30. The van der Waals surface area contributed by atoms with Crippen LogP contribution in [0.5, 0.6) is 0 Å². The van der Waals surface area contributed by atoms with Gasteiger partial charge in [0.2, 0.25) is 0 Å². The molecule has 2 rings (SSSR count). The van der Waals surface area contributed by atoms with Gasteiger partial charge >= 0.3 is 0 Å². The molecule has 1 aliphatic rings. The fraction of sp³-hybridized carbons (Fsp3) is 0.462. The topological polar surface area (TPSA) is 12.4 Å². The van der Waals surface area contributed by atoms with E-state index in [1.165, 1.54) is 11.3 Å². The zero-order chi connectivity index (χ0) is 11.1. The predicted molar refractivity (Wildman–Crippen MR) is 66.5 cm³/mol. The van der Waals surface area contributed by atoms with E-state index in [9.17, 15) is 0 Å². The van der Waals surface area contributed by atoms with Gasteiger partial charge in [0.15, 0.2) is 0 Å². The first-order valence-electron chi connectivity index (χ1n) is 5.50. The smallest absolute Gasteiger partial charge is 0.0671 e. The summed E-state index contributed by atoms with van der Waals surface area (Å²) in [5, 5.41) is 0.810. The number of hydrogen-bond acceptors (Lipinski definition) is 1. The molecule has 0 bridgehead atoms. The largest absolute Gasteiger partial charge is 0.257 e. The van der Waals surface area contributed by atoms with Crippen LogP contribution in [0, 0.1) is 0 Å². The Morgan fingerprint density at radius 2 is 1.93 bits per heavy atom. The molecule has 0 amide bonds. The van der Waals surface area contributed by atoms with E-state index in [0.717, 1.165) is 23.6 Å². The zero-order valence-electron chi connectivity index (χ0n) is 9.47. The molecule has 2 heteroatoms. The van der Waals surface area contributed by atoms with Gasteiger partial charge < -0.3 is 0 Å². The summed E-state index contributed by atoms with van der Waals surface area (Å²) in [5.41, 5.74) is 3.75. The van der Waals surface area contributed by atoms with E-state index in [1.54, 1.807) is 0 Å². The van der Waals surface area contributed by atoms with Crippen molar-refractivity contribution in [1.82, 2.24) is 0 Å². The normalized spacial score (nSPS) is 17.5. The van der Waals surface area contributed by atoms with Crippen LogP contribution in [0.4, 0.5) is 5.69 Å². The van der Waals surface area contributed by atoms with E-state index >= 15 is 0 Å². The van der Waals surface area contributed by atoms with Gasteiger partial charge in [0.05, 0.1) is 5.69 Å². The molecular formula is C13H16ClN. The van der Waals surface area contributed by atoms with Gasteiger partial charge in [-0.2, -0.15) is 0 Å². The van der Waals surface area contributed by atoms with Crippen molar-refractivity contribution >= 4 is 23.0 Å². The highest BCUT2D eigenvalue weighted by atomic mass is 35.5. The van der Waals surface area contributed by atoms with Gasteiger partial charge in [-0.1, -0.05) is 25.4 Å². The Labute approximate surface area is 96.2 Å². The van der Waals surface area contributed by atoms with Gasteiger partial charge in [-0.15, -0.1) is 0 Å². The maximum Gasteiger partial charge on any atom is 0.0671 e. The first-order chi connectivity index (χ1) is 7.14. The average molecular weight is 222 g/mol. The molecule has 0 aromatic heterocycles. The minimum absolute atomic E-state index is 0.125. The molecule has 0 atom stereocenters. The third-order valence-electron chi connectivity index (χ3n) is 3.66. The van der Waals surface area contributed by atoms with Crippen LogP contribution in [0.2, 0.25) is 5.02 Å². The Bertz CT molecular complexity index is 417. The van der Waals surface area contributed by atoms with Crippen molar-refractivity contribution in [3.63, 3.8) is 0 Å². The van der Waals surface area contributed by atoms with Crippen LogP contribution in [-0.4, -0.2) is 5.71 Å². The van der Waals surface area contributed by atoms with Gasteiger partial charge in [-0.05, 0) is 43.5 Å². The van der Waals surface area contributed by atoms with Gasteiger partial charge in [-0.25, -0.2) is 0 Å². The molecule has 1 aliphatic heterocycles. The standard InChI is InChI=1S/C13H16ClN/c1-4-13(5-2)9(3)15-12-7-6-10(14)8-11(12)13/h6-8H,4-5H2,1-3H3. The summed E-state index contributed by atoms with van der Waals surface area (Å²) >= 11 is 6.06. The van der Waals surface area contributed by atoms with Gasteiger partial charge in [0.25, 0.3) is 0 Å². The molecule has 1 aromatic carbocycles. The van der Waals surface area contributed by atoms with Crippen molar-refractivity contribution < 1.29 is 0 Å². The van der Waals surface area contributed by atoms with Crippen molar-refractivity contribution in [1.29, 1.82) is 0 Å². The van der Waals surface area contributed by atoms with E-state index < -0.39 is 0 Å². The minimum Gasteiger partial charge on any atom is -0.257 e. The average Bonchev–Trinajstić information content (AvgIpc) is 2.50. The molecule has 1 heterocycles. The number of hydrogen-bond donors (Lipinski definition) is 0. The fourth-order valence-electron chi connectivity index (χ4n) is 2.61. The number of halogens is 1. The second-order valence-electron chi connectivity index (χ2n) is 4.15. The molecular weight excluding hydrogens is 206 g/mol. The molecule has 0 fully saturated rings. The molecule has 0 unspecified atom stereocenters. The second kappa shape index (κ2) is 3.64. The Balaban J connectivity index is 2.63. The maximum absolute atomic E-state index is 6.06. The lowest BCUT2D eigenvalue weighted by molar-refractivity contribution is 0.542. The van der Waals surface area contributed by atoms with Crippen molar-refractivity contribution in [2.24, 2.45) is 4.99 Å². The number of rotatable bonds is 2. The highest BCUT2D eigenvalue weighted by Gasteiger charge is 2.37. The van der Waals surface area contributed by atoms with Crippen LogP contribution in [0.1, 0.15) is 39.2 Å². The Morgan fingerprint density at radius 1 is 1.27 bits per heavy atom. The summed E-state index contributed by atoms with van der Waals surface area (Å²) in [6.07, 6.45) is 2.18. The molecule has 1 nitrogen and oxygen atoms in total. The third-order valence-corrected chi connectivity index (χ3v) is 3.90. The maximum atomic E-state index is 6.06. The number of fused-ring (bicyclic) bond motifs is 1. The number of aliphatic imine (C=N–C) groups is 1. The monoisotopic (exact) mass is 221 g/mol. The Kier molecular flexibility index (Phi) is 2.59. The van der Waals surface area contributed by atoms with Crippen molar-refractivity contribution in [2.45, 2.75) is 39.0 Å². The van der Waals surface area contributed by atoms with E-state index in [2.05, 4.69) is 31.8 Å². The summed E-state index contributed by atoms with van der Waals surface area (Å²) in [6.45, 7) is 6.57. The van der Waals surface area contributed by atoms with Crippen LogP contribution < -0.4 is 0 Å². The molecule has 0 aliphatic carbocycles. The van der Waals surface area contributed by atoms with E-state index in [4.69, 9.17) is 11.6 Å². The lowest BCUT2D eigenvalue weighted by Crippen LogP contribution is -2.29. The molecule has 80 valence electrons. The minimum atomic E-state index is 0.125. The Hall–Kier alpha value is -0.820. The van der Waals surface area contributed by atoms with Crippen LogP contribution in [0.3, 0.4) is 0 Å². The van der Waals surface area contributed by atoms with E-state index in [1.807, 2.05) is 12.1 Å². The molecule has 0 N–H and O–H groups in total. The summed E-state index contributed by atoms with van der Waals surface area (Å²) in [7, 11) is 0. The molecule has 0 saturated heterocycles. The number of benzene rings is 1. The quantitative estimate of drug-likeness (QED) is 0.697. The molecule has 1 aromatic rings. The van der Waals surface area contributed by atoms with Crippen LogP contribution >= 0.6 is 11.6 Å². The molecule has 0 spiro atoms. The van der Waals surface area contributed by atoms with Crippen molar-refractivity contribution in [2.75, 3.05) is 0 Å². The van der Waals surface area contributed by atoms with Gasteiger partial charge in [0, 0.05) is 16.1 Å². The SMILES string of the molecule is CCC1(CC)C(C)=Nc2ccc(Cl)cc21. The lowest BCUT2D eigenvalue weighted by Gasteiger charge is -2.28. The van der Waals surface area contributed by atoms with Crippen LogP contribution in [0.15, 0.2) is 23.2 Å². The predicted octanol–water partition coefficient (Wildman–Crippen LogP) is 4.50.